The number of thiazole rings is 1. The lowest BCUT2D eigenvalue weighted by molar-refractivity contribution is -0.118. The summed E-state index contributed by atoms with van der Waals surface area (Å²) in [6.07, 6.45) is 3.82. The van der Waals surface area contributed by atoms with Crippen molar-refractivity contribution in [3.05, 3.63) is 44.9 Å². The number of nitrogens with one attached hydrogen (secondary N) is 1. The molecule has 0 bridgehead atoms. The molecular formula is C14H14Cl3N3OS. The molecule has 1 saturated carbocycles. The largest absolute Gasteiger partial charge is 0.317 e. The summed E-state index contributed by atoms with van der Waals surface area (Å²) in [6, 6.07) is 5.53. The smallest absolute Gasteiger partial charge is 0.246 e. The monoisotopic (exact) mass is 377 g/mol. The first-order valence-electron chi connectivity index (χ1n) is 6.46. The van der Waals surface area contributed by atoms with Crippen LogP contribution in [0.15, 0.2) is 24.4 Å². The van der Waals surface area contributed by atoms with Gasteiger partial charge in [-0.2, -0.15) is 0 Å². The third-order valence-corrected chi connectivity index (χ3v) is 5.18. The number of hydrogen-bond donors (Lipinski definition) is 2. The van der Waals surface area contributed by atoms with Crippen LogP contribution in [0.5, 0.6) is 0 Å². The first-order valence-corrected chi connectivity index (χ1v) is 8.03. The van der Waals surface area contributed by atoms with Crippen LogP contribution in [0, 0.1) is 0 Å². The summed E-state index contributed by atoms with van der Waals surface area (Å²) in [5.74, 6) is -0.163. The minimum atomic E-state index is -0.692. The number of nitrogens with zero attached hydrogens (tertiary/aromatic N) is 1. The van der Waals surface area contributed by atoms with Crippen molar-refractivity contribution in [1.29, 1.82) is 0 Å². The summed E-state index contributed by atoms with van der Waals surface area (Å²) in [4.78, 5) is 17.1. The summed E-state index contributed by atoms with van der Waals surface area (Å²) in [7, 11) is 0. The van der Waals surface area contributed by atoms with Crippen LogP contribution in [0.3, 0.4) is 0 Å². The third kappa shape index (κ3) is 3.73. The maximum absolute atomic E-state index is 11.9. The second-order valence-corrected chi connectivity index (χ2v) is 7.03. The summed E-state index contributed by atoms with van der Waals surface area (Å²) in [5, 5.41) is 4.41. The molecule has 1 fully saturated rings. The predicted octanol–water partition coefficient (Wildman–Crippen LogP) is 3.89. The highest BCUT2D eigenvalue weighted by Gasteiger charge is 2.46. The lowest BCUT2D eigenvalue weighted by atomic mass is 10.1. The van der Waals surface area contributed by atoms with E-state index in [4.69, 9.17) is 28.9 Å². The number of hydrogen-bond acceptors (Lipinski definition) is 4. The number of carbonyl (C=O) groups excluding carboxylic acids is 1. The van der Waals surface area contributed by atoms with Crippen LogP contribution in [-0.4, -0.2) is 16.4 Å². The fourth-order valence-corrected chi connectivity index (χ4v) is 3.12. The number of aromatic nitrogens is 1. The number of benzene rings is 1. The molecule has 1 aliphatic carbocycles. The van der Waals surface area contributed by atoms with Gasteiger partial charge in [0.2, 0.25) is 5.91 Å². The van der Waals surface area contributed by atoms with Gasteiger partial charge in [-0.05, 0) is 24.5 Å². The molecule has 3 rings (SSSR count). The van der Waals surface area contributed by atoms with Gasteiger partial charge in [0.15, 0.2) is 5.13 Å². The standard InChI is InChI=1S/C14H13Cl2N3OS.ClH/c15-10-3-1-2-8(11(10)16)6-9-7-18-13(21-9)19-12(20)14(17)4-5-14;/h1-3,7H,4-6,17H2,(H,18,19,20);1H. The molecule has 118 valence electrons. The Balaban J connectivity index is 0.00000176. The van der Waals surface area contributed by atoms with Gasteiger partial charge in [-0.25, -0.2) is 4.98 Å². The van der Waals surface area contributed by atoms with Crippen LogP contribution in [0.1, 0.15) is 23.3 Å². The van der Waals surface area contributed by atoms with E-state index in [0.29, 0.717) is 21.6 Å². The van der Waals surface area contributed by atoms with Crippen LogP contribution in [-0.2, 0) is 11.2 Å². The molecule has 0 aliphatic heterocycles. The number of rotatable bonds is 4. The zero-order valence-corrected chi connectivity index (χ0v) is 14.6. The second-order valence-electron chi connectivity index (χ2n) is 5.13. The van der Waals surface area contributed by atoms with E-state index in [0.717, 1.165) is 23.3 Å². The lowest BCUT2D eigenvalue weighted by Crippen LogP contribution is -2.37. The van der Waals surface area contributed by atoms with Gasteiger partial charge in [0.1, 0.15) is 0 Å². The minimum absolute atomic E-state index is 0. The number of anilines is 1. The molecule has 0 unspecified atom stereocenters. The molecule has 1 heterocycles. The molecule has 3 N–H and O–H groups in total. The Morgan fingerprint density at radius 1 is 1.41 bits per heavy atom. The van der Waals surface area contributed by atoms with Gasteiger partial charge in [-0.3, -0.25) is 4.79 Å². The fourth-order valence-electron chi connectivity index (χ4n) is 1.90. The van der Waals surface area contributed by atoms with Crippen LogP contribution in [0.2, 0.25) is 10.0 Å². The molecule has 2 aromatic rings. The lowest BCUT2D eigenvalue weighted by Gasteiger charge is -2.06. The van der Waals surface area contributed by atoms with Crippen molar-refractivity contribution in [2.24, 2.45) is 5.73 Å². The average molecular weight is 379 g/mol. The second kappa shape index (κ2) is 6.72. The van der Waals surface area contributed by atoms with E-state index >= 15 is 0 Å². The highest BCUT2D eigenvalue weighted by Crippen LogP contribution is 2.34. The van der Waals surface area contributed by atoms with Crippen LogP contribution in [0.25, 0.3) is 0 Å². The fraction of sp³-hybridized carbons (Fsp3) is 0.286. The molecule has 8 heteroatoms. The first kappa shape index (κ1) is 17.5. The van der Waals surface area contributed by atoms with Crippen molar-refractivity contribution < 1.29 is 4.79 Å². The van der Waals surface area contributed by atoms with Gasteiger partial charge >= 0.3 is 0 Å². The molecular weight excluding hydrogens is 365 g/mol. The van der Waals surface area contributed by atoms with Gasteiger partial charge in [-0.15, -0.1) is 23.7 Å². The maximum atomic E-state index is 11.9. The van der Waals surface area contributed by atoms with E-state index in [1.807, 2.05) is 12.1 Å². The SMILES string of the molecule is Cl.NC1(C(=O)Nc2ncc(Cc3cccc(Cl)c3Cl)s2)CC1. The topological polar surface area (TPSA) is 68.0 Å². The molecule has 1 aliphatic rings. The zero-order chi connectivity index (χ0) is 15.0. The van der Waals surface area contributed by atoms with Crippen molar-refractivity contribution in [3.63, 3.8) is 0 Å². The molecule has 0 radical (unpaired) electrons. The minimum Gasteiger partial charge on any atom is -0.317 e. The Morgan fingerprint density at radius 2 is 2.14 bits per heavy atom. The van der Waals surface area contributed by atoms with Crippen molar-refractivity contribution in [1.82, 2.24) is 4.98 Å². The summed E-state index contributed by atoms with van der Waals surface area (Å²) in [6.45, 7) is 0. The van der Waals surface area contributed by atoms with Crippen molar-refractivity contribution in [2.75, 3.05) is 5.32 Å². The summed E-state index contributed by atoms with van der Waals surface area (Å²) < 4.78 is 0. The number of carbonyl (C=O) groups is 1. The number of nitrogens with two attached hydrogens (primary N) is 1. The van der Waals surface area contributed by atoms with Gasteiger partial charge in [0.05, 0.1) is 15.6 Å². The molecule has 22 heavy (non-hydrogen) atoms. The van der Waals surface area contributed by atoms with Crippen LogP contribution in [0.4, 0.5) is 5.13 Å². The van der Waals surface area contributed by atoms with E-state index in [1.165, 1.54) is 11.3 Å². The Labute approximate surface area is 148 Å². The molecule has 0 saturated heterocycles. The molecule has 1 aromatic heterocycles. The maximum Gasteiger partial charge on any atom is 0.246 e. The van der Waals surface area contributed by atoms with Gasteiger partial charge < -0.3 is 11.1 Å². The average Bonchev–Trinajstić information content (AvgIpc) is 3.05. The summed E-state index contributed by atoms with van der Waals surface area (Å²) in [5.41, 5.74) is 6.08. The quantitative estimate of drug-likeness (QED) is 0.848. The molecule has 1 aromatic carbocycles. The van der Waals surface area contributed by atoms with Crippen LogP contribution < -0.4 is 11.1 Å². The highest BCUT2D eigenvalue weighted by atomic mass is 35.5. The summed E-state index contributed by atoms with van der Waals surface area (Å²) >= 11 is 13.6. The Bertz CT molecular complexity index is 700. The Kier molecular flexibility index (Phi) is 5.35. The van der Waals surface area contributed by atoms with E-state index in [-0.39, 0.29) is 18.3 Å². The van der Waals surface area contributed by atoms with Gasteiger partial charge in [0.25, 0.3) is 0 Å². The predicted molar refractivity (Wildman–Crippen MR) is 93.4 cm³/mol. The van der Waals surface area contributed by atoms with Gasteiger partial charge in [-0.1, -0.05) is 35.3 Å². The van der Waals surface area contributed by atoms with Crippen molar-refractivity contribution in [2.45, 2.75) is 24.8 Å². The first-order chi connectivity index (χ1) is 9.98. The Morgan fingerprint density at radius 3 is 2.82 bits per heavy atom. The van der Waals surface area contributed by atoms with E-state index < -0.39 is 5.54 Å². The molecule has 0 atom stereocenters. The molecule has 1 amide bonds. The zero-order valence-electron chi connectivity index (χ0n) is 11.4. The van der Waals surface area contributed by atoms with Gasteiger partial charge in [0, 0.05) is 17.5 Å². The normalized spacial score (nSPS) is 15.0. The van der Waals surface area contributed by atoms with Crippen LogP contribution >= 0.6 is 46.9 Å². The highest BCUT2D eigenvalue weighted by molar-refractivity contribution is 7.15. The van der Waals surface area contributed by atoms with Crippen molar-refractivity contribution in [3.8, 4) is 0 Å². The Hall–Kier alpha value is -0.850. The number of halogens is 3. The molecule has 0 spiro atoms. The van der Waals surface area contributed by atoms with E-state index in [1.54, 1.807) is 12.3 Å². The van der Waals surface area contributed by atoms with E-state index in [2.05, 4.69) is 10.3 Å². The van der Waals surface area contributed by atoms with E-state index in [9.17, 15) is 4.79 Å². The van der Waals surface area contributed by atoms with Crippen molar-refractivity contribution >= 4 is 58.0 Å². The number of amides is 1. The molecule has 4 nitrogen and oxygen atoms in total. The third-order valence-electron chi connectivity index (χ3n) is 3.41.